The Morgan fingerprint density at radius 1 is 1.33 bits per heavy atom. The van der Waals surface area contributed by atoms with Crippen molar-refractivity contribution < 1.29 is 18.0 Å². The van der Waals surface area contributed by atoms with Gasteiger partial charge in [0.2, 0.25) is 5.91 Å². The third-order valence-electron chi connectivity index (χ3n) is 3.02. The molecular formula is C14H11F2N3O2. The van der Waals surface area contributed by atoms with Crippen molar-refractivity contribution in [3.05, 3.63) is 54.3 Å². The lowest BCUT2D eigenvalue weighted by Crippen LogP contribution is -2.26. The highest BCUT2D eigenvalue weighted by Crippen LogP contribution is 2.17. The SMILES string of the molecule is O=C(Cn1cnc2cc(F)c(F)cc21)NCc1ccco1. The Bertz CT molecular complexity index is 781. The van der Waals surface area contributed by atoms with E-state index in [0.29, 0.717) is 16.8 Å². The van der Waals surface area contributed by atoms with Crippen molar-refractivity contribution >= 4 is 16.9 Å². The van der Waals surface area contributed by atoms with Crippen LogP contribution in [0.25, 0.3) is 11.0 Å². The third-order valence-corrected chi connectivity index (χ3v) is 3.02. The highest BCUT2D eigenvalue weighted by Gasteiger charge is 2.11. The minimum Gasteiger partial charge on any atom is -0.467 e. The molecule has 2 aromatic heterocycles. The number of imidazole rings is 1. The summed E-state index contributed by atoms with van der Waals surface area (Å²) < 4.78 is 32.9. The van der Waals surface area contributed by atoms with Gasteiger partial charge in [0, 0.05) is 12.1 Å². The Morgan fingerprint density at radius 2 is 2.14 bits per heavy atom. The van der Waals surface area contributed by atoms with Gasteiger partial charge in [-0.1, -0.05) is 0 Å². The summed E-state index contributed by atoms with van der Waals surface area (Å²) in [5.74, 6) is -1.59. The van der Waals surface area contributed by atoms with Gasteiger partial charge in [0.25, 0.3) is 0 Å². The van der Waals surface area contributed by atoms with Crippen LogP contribution in [0.1, 0.15) is 5.76 Å². The van der Waals surface area contributed by atoms with E-state index in [1.165, 1.54) is 17.2 Å². The number of halogens is 2. The molecule has 1 aromatic carbocycles. The zero-order chi connectivity index (χ0) is 14.8. The lowest BCUT2D eigenvalue weighted by atomic mass is 10.3. The van der Waals surface area contributed by atoms with Crippen LogP contribution in [0.2, 0.25) is 0 Å². The Labute approximate surface area is 118 Å². The molecule has 0 aliphatic rings. The highest BCUT2D eigenvalue weighted by molar-refractivity contribution is 5.80. The summed E-state index contributed by atoms with van der Waals surface area (Å²) in [6.07, 6.45) is 2.89. The van der Waals surface area contributed by atoms with Crippen LogP contribution < -0.4 is 5.32 Å². The number of fused-ring (bicyclic) bond motifs is 1. The van der Waals surface area contributed by atoms with Gasteiger partial charge in [-0.05, 0) is 12.1 Å². The maximum Gasteiger partial charge on any atom is 0.240 e. The second kappa shape index (κ2) is 5.35. The summed E-state index contributed by atoms with van der Waals surface area (Å²) in [6.45, 7) is 0.226. The Morgan fingerprint density at radius 3 is 2.90 bits per heavy atom. The standard InChI is InChI=1S/C14H11F2N3O2/c15-10-4-12-13(5-11(10)16)19(8-18-12)7-14(20)17-6-9-2-1-3-21-9/h1-5,8H,6-7H2,(H,17,20). The molecule has 0 saturated carbocycles. The predicted molar refractivity (Wildman–Crippen MR) is 70.2 cm³/mol. The molecule has 3 rings (SSSR count). The number of furan rings is 1. The van der Waals surface area contributed by atoms with Gasteiger partial charge in [-0.15, -0.1) is 0 Å². The number of aromatic nitrogens is 2. The quantitative estimate of drug-likeness (QED) is 0.802. The summed E-state index contributed by atoms with van der Waals surface area (Å²) in [6, 6.07) is 5.49. The normalized spacial score (nSPS) is 11.0. The van der Waals surface area contributed by atoms with Gasteiger partial charge in [-0.2, -0.15) is 0 Å². The summed E-state index contributed by atoms with van der Waals surface area (Å²) in [5.41, 5.74) is 0.662. The monoisotopic (exact) mass is 291 g/mol. The van der Waals surface area contributed by atoms with E-state index in [1.54, 1.807) is 12.1 Å². The molecule has 0 radical (unpaired) electrons. The lowest BCUT2D eigenvalue weighted by Gasteiger charge is -2.05. The van der Waals surface area contributed by atoms with Gasteiger partial charge >= 0.3 is 0 Å². The Hall–Kier alpha value is -2.70. The van der Waals surface area contributed by atoms with Gasteiger partial charge in [-0.25, -0.2) is 13.8 Å². The molecule has 108 valence electrons. The zero-order valence-corrected chi connectivity index (χ0v) is 10.8. The predicted octanol–water partition coefficient (Wildman–Crippen LogP) is 2.22. The topological polar surface area (TPSA) is 60.1 Å². The molecule has 0 aliphatic carbocycles. The molecule has 7 heteroatoms. The van der Waals surface area contributed by atoms with E-state index in [4.69, 9.17) is 4.42 Å². The lowest BCUT2D eigenvalue weighted by molar-refractivity contribution is -0.121. The first-order chi connectivity index (χ1) is 10.1. The second-order valence-electron chi connectivity index (χ2n) is 4.48. The summed E-state index contributed by atoms with van der Waals surface area (Å²) in [7, 11) is 0. The van der Waals surface area contributed by atoms with Gasteiger partial charge in [0.05, 0.1) is 30.2 Å². The van der Waals surface area contributed by atoms with Crippen LogP contribution in [0.3, 0.4) is 0 Å². The van der Waals surface area contributed by atoms with Crippen LogP contribution in [-0.2, 0) is 17.9 Å². The molecule has 0 fully saturated rings. The Balaban J connectivity index is 1.72. The molecule has 2 heterocycles. The third kappa shape index (κ3) is 2.76. The average molecular weight is 291 g/mol. The maximum absolute atomic E-state index is 13.2. The van der Waals surface area contributed by atoms with E-state index in [-0.39, 0.29) is 19.0 Å². The molecule has 21 heavy (non-hydrogen) atoms. The highest BCUT2D eigenvalue weighted by atomic mass is 19.2. The molecule has 5 nitrogen and oxygen atoms in total. The maximum atomic E-state index is 13.2. The minimum atomic E-state index is -0.972. The van der Waals surface area contributed by atoms with Crippen molar-refractivity contribution in [3.63, 3.8) is 0 Å². The van der Waals surface area contributed by atoms with Gasteiger partial charge < -0.3 is 14.3 Å². The van der Waals surface area contributed by atoms with Crippen LogP contribution in [-0.4, -0.2) is 15.5 Å². The largest absolute Gasteiger partial charge is 0.467 e. The first-order valence-corrected chi connectivity index (χ1v) is 6.22. The first-order valence-electron chi connectivity index (χ1n) is 6.22. The molecule has 0 aliphatic heterocycles. The van der Waals surface area contributed by atoms with Gasteiger partial charge in [0.1, 0.15) is 12.3 Å². The summed E-state index contributed by atoms with van der Waals surface area (Å²) in [4.78, 5) is 15.8. The fraction of sp³-hybridized carbons (Fsp3) is 0.143. The summed E-state index contributed by atoms with van der Waals surface area (Å²) in [5, 5.41) is 2.66. The number of nitrogens with one attached hydrogen (secondary N) is 1. The fourth-order valence-electron chi connectivity index (χ4n) is 1.99. The molecule has 1 N–H and O–H groups in total. The van der Waals surface area contributed by atoms with Crippen LogP contribution in [0.15, 0.2) is 41.3 Å². The van der Waals surface area contributed by atoms with E-state index in [0.717, 1.165) is 12.1 Å². The molecule has 0 bridgehead atoms. The van der Waals surface area contributed by atoms with E-state index < -0.39 is 11.6 Å². The second-order valence-corrected chi connectivity index (χ2v) is 4.48. The number of hydrogen-bond acceptors (Lipinski definition) is 3. The molecule has 0 atom stereocenters. The number of carbonyl (C=O) groups excluding carboxylic acids is 1. The molecule has 0 spiro atoms. The van der Waals surface area contributed by atoms with E-state index in [9.17, 15) is 13.6 Å². The number of hydrogen-bond donors (Lipinski definition) is 1. The van der Waals surface area contributed by atoms with Crippen LogP contribution in [0, 0.1) is 11.6 Å². The first kappa shape index (κ1) is 13.3. The van der Waals surface area contributed by atoms with Crippen molar-refractivity contribution in [1.82, 2.24) is 14.9 Å². The molecule has 1 amide bonds. The number of amides is 1. The minimum absolute atomic E-state index is 0.0394. The smallest absolute Gasteiger partial charge is 0.240 e. The van der Waals surface area contributed by atoms with Crippen molar-refractivity contribution in [3.8, 4) is 0 Å². The number of benzene rings is 1. The fourth-order valence-corrected chi connectivity index (χ4v) is 1.99. The van der Waals surface area contributed by atoms with E-state index >= 15 is 0 Å². The van der Waals surface area contributed by atoms with Crippen LogP contribution >= 0.6 is 0 Å². The Kier molecular flexibility index (Phi) is 3.39. The van der Waals surface area contributed by atoms with Crippen molar-refractivity contribution in [1.29, 1.82) is 0 Å². The molecule has 0 unspecified atom stereocenters. The van der Waals surface area contributed by atoms with Crippen molar-refractivity contribution in [2.24, 2.45) is 0 Å². The number of rotatable bonds is 4. The number of carbonyl (C=O) groups is 1. The molecule has 0 saturated heterocycles. The molecular weight excluding hydrogens is 280 g/mol. The van der Waals surface area contributed by atoms with Crippen LogP contribution in [0.4, 0.5) is 8.78 Å². The van der Waals surface area contributed by atoms with Crippen molar-refractivity contribution in [2.75, 3.05) is 0 Å². The van der Waals surface area contributed by atoms with Crippen LogP contribution in [0.5, 0.6) is 0 Å². The van der Waals surface area contributed by atoms with E-state index in [2.05, 4.69) is 10.3 Å². The zero-order valence-electron chi connectivity index (χ0n) is 10.8. The summed E-state index contributed by atoms with van der Waals surface area (Å²) >= 11 is 0. The van der Waals surface area contributed by atoms with Gasteiger partial charge in [-0.3, -0.25) is 4.79 Å². The molecule has 3 aromatic rings. The van der Waals surface area contributed by atoms with E-state index in [1.807, 2.05) is 0 Å². The average Bonchev–Trinajstić information content (AvgIpc) is 3.09. The number of nitrogens with zero attached hydrogens (tertiary/aromatic N) is 2. The van der Waals surface area contributed by atoms with Crippen molar-refractivity contribution in [2.45, 2.75) is 13.1 Å². The van der Waals surface area contributed by atoms with Gasteiger partial charge in [0.15, 0.2) is 11.6 Å².